The molecule has 1 aromatic carbocycles. The molecule has 1 atom stereocenters. The van der Waals surface area contributed by atoms with Gasteiger partial charge in [0.15, 0.2) is 11.5 Å². The maximum absolute atomic E-state index is 12.6. The minimum atomic E-state index is -0.440. The lowest BCUT2D eigenvalue weighted by atomic mass is 10.2. The Morgan fingerprint density at radius 1 is 1.21 bits per heavy atom. The smallest absolute Gasteiger partial charge is 0.264 e. The van der Waals surface area contributed by atoms with E-state index < -0.39 is 6.04 Å². The Morgan fingerprint density at radius 2 is 2.08 bits per heavy atom. The van der Waals surface area contributed by atoms with Crippen LogP contribution in [0.25, 0.3) is 0 Å². The first-order valence-electron chi connectivity index (χ1n) is 7.77. The van der Waals surface area contributed by atoms with Crippen LogP contribution in [0.2, 0.25) is 0 Å². The molecule has 124 valence electrons. The van der Waals surface area contributed by atoms with Crippen LogP contribution in [0, 0.1) is 0 Å². The van der Waals surface area contributed by atoms with Crippen LogP contribution < -0.4 is 14.8 Å². The summed E-state index contributed by atoms with van der Waals surface area (Å²) in [6.07, 6.45) is 1.50. The Kier molecular flexibility index (Phi) is 3.86. The van der Waals surface area contributed by atoms with E-state index in [9.17, 15) is 9.59 Å². The zero-order chi connectivity index (χ0) is 16.5. The van der Waals surface area contributed by atoms with E-state index in [1.54, 1.807) is 29.2 Å². The molecule has 0 spiro atoms. The molecule has 0 bridgehead atoms. The van der Waals surface area contributed by atoms with Gasteiger partial charge in [0.25, 0.3) is 5.91 Å². The molecule has 1 N–H and O–H groups in total. The van der Waals surface area contributed by atoms with Gasteiger partial charge in [-0.05, 0) is 36.4 Å². The molecular formula is C17H16N2O4S. The van der Waals surface area contributed by atoms with Crippen LogP contribution in [0.5, 0.6) is 11.5 Å². The lowest BCUT2D eigenvalue weighted by Gasteiger charge is -2.23. The minimum absolute atomic E-state index is 0.0756. The Labute approximate surface area is 143 Å². The van der Waals surface area contributed by atoms with Crippen LogP contribution >= 0.6 is 11.3 Å². The molecule has 6 nitrogen and oxygen atoms in total. The van der Waals surface area contributed by atoms with Gasteiger partial charge in [-0.15, -0.1) is 11.3 Å². The van der Waals surface area contributed by atoms with Crippen molar-refractivity contribution in [2.75, 3.05) is 18.7 Å². The lowest BCUT2D eigenvalue weighted by molar-refractivity contribution is -0.119. The third-order valence-electron chi connectivity index (χ3n) is 4.19. The Bertz CT molecular complexity index is 775. The van der Waals surface area contributed by atoms with Crippen molar-refractivity contribution < 1.29 is 19.1 Å². The molecule has 4 rings (SSSR count). The topological polar surface area (TPSA) is 67.9 Å². The number of hydrogen-bond acceptors (Lipinski definition) is 5. The Balaban J connectivity index is 1.48. The van der Waals surface area contributed by atoms with E-state index >= 15 is 0 Å². The van der Waals surface area contributed by atoms with E-state index in [4.69, 9.17) is 9.47 Å². The number of ether oxygens (including phenoxy) is 2. The number of likely N-dealkylation sites (tertiary alicyclic amines) is 1. The summed E-state index contributed by atoms with van der Waals surface area (Å²) in [5.74, 6) is 1.04. The van der Waals surface area contributed by atoms with Gasteiger partial charge in [0.1, 0.15) is 6.04 Å². The van der Waals surface area contributed by atoms with Gasteiger partial charge in [0.05, 0.1) is 4.88 Å². The molecular weight excluding hydrogens is 328 g/mol. The van der Waals surface area contributed by atoms with Crippen molar-refractivity contribution in [3.63, 3.8) is 0 Å². The van der Waals surface area contributed by atoms with Crippen molar-refractivity contribution in [3.05, 3.63) is 40.6 Å². The number of carbonyl (C=O) groups is 2. The third-order valence-corrected chi connectivity index (χ3v) is 5.05. The van der Waals surface area contributed by atoms with Gasteiger partial charge in [0, 0.05) is 18.3 Å². The van der Waals surface area contributed by atoms with Gasteiger partial charge < -0.3 is 19.7 Å². The number of benzene rings is 1. The first kappa shape index (κ1) is 15.0. The monoisotopic (exact) mass is 344 g/mol. The van der Waals surface area contributed by atoms with E-state index in [2.05, 4.69) is 5.32 Å². The third kappa shape index (κ3) is 2.71. The van der Waals surface area contributed by atoms with Gasteiger partial charge in [-0.1, -0.05) is 6.07 Å². The average Bonchev–Trinajstić information content (AvgIpc) is 3.33. The molecule has 2 aliphatic heterocycles. The molecule has 0 radical (unpaired) electrons. The van der Waals surface area contributed by atoms with Crippen molar-refractivity contribution in [2.45, 2.75) is 18.9 Å². The summed E-state index contributed by atoms with van der Waals surface area (Å²) in [6.45, 7) is 0.800. The predicted molar refractivity (Wildman–Crippen MR) is 89.6 cm³/mol. The summed E-state index contributed by atoms with van der Waals surface area (Å²) in [5.41, 5.74) is 0.639. The van der Waals surface area contributed by atoms with Crippen LogP contribution in [0.1, 0.15) is 22.5 Å². The number of anilines is 1. The van der Waals surface area contributed by atoms with Gasteiger partial charge in [-0.25, -0.2) is 0 Å². The van der Waals surface area contributed by atoms with Crippen LogP contribution in [-0.2, 0) is 4.79 Å². The van der Waals surface area contributed by atoms with E-state index in [1.807, 2.05) is 11.4 Å². The summed E-state index contributed by atoms with van der Waals surface area (Å²) < 4.78 is 10.6. The molecule has 1 saturated heterocycles. The second kappa shape index (κ2) is 6.16. The first-order valence-corrected chi connectivity index (χ1v) is 8.65. The highest BCUT2D eigenvalue weighted by Gasteiger charge is 2.35. The van der Waals surface area contributed by atoms with Crippen molar-refractivity contribution in [1.82, 2.24) is 4.90 Å². The number of thiophene rings is 1. The molecule has 1 fully saturated rings. The maximum atomic E-state index is 12.6. The summed E-state index contributed by atoms with van der Waals surface area (Å²) >= 11 is 1.40. The van der Waals surface area contributed by atoms with Crippen LogP contribution in [0.3, 0.4) is 0 Å². The number of hydrogen-bond donors (Lipinski definition) is 1. The molecule has 2 aliphatic rings. The molecule has 0 unspecified atom stereocenters. The summed E-state index contributed by atoms with van der Waals surface area (Å²) in [4.78, 5) is 27.5. The number of nitrogens with zero attached hydrogens (tertiary/aromatic N) is 1. The van der Waals surface area contributed by atoms with Crippen molar-refractivity contribution in [2.24, 2.45) is 0 Å². The number of amides is 2. The summed E-state index contributed by atoms with van der Waals surface area (Å²) in [6, 6.07) is 8.46. The van der Waals surface area contributed by atoms with E-state index in [1.165, 1.54) is 11.3 Å². The predicted octanol–water partition coefficient (Wildman–Crippen LogP) is 2.72. The minimum Gasteiger partial charge on any atom is -0.454 e. The molecule has 0 aliphatic carbocycles. The standard InChI is InChI=1S/C17H16N2O4S/c20-16(18-11-5-6-13-14(9-11)23-10-22-13)12-3-1-7-19(12)17(21)15-4-2-8-24-15/h2,4-6,8-9,12H,1,3,7,10H2,(H,18,20)/t12-/m1/s1. The fourth-order valence-corrected chi connectivity index (χ4v) is 3.70. The highest BCUT2D eigenvalue weighted by molar-refractivity contribution is 7.12. The number of carbonyl (C=O) groups excluding carboxylic acids is 2. The summed E-state index contributed by atoms with van der Waals surface area (Å²) in [5, 5.41) is 4.74. The second-order valence-corrected chi connectivity index (χ2v) is 6.64. The first-order chi connectivity index (χ1) is 11.7. The van der Waals surface area contributed by atoms with Crippen molar-refractivity contribution >= 4 is 28.8 Å². The number of fused-ring (bicyclic) bond motifs is 1. The molecule has 24 heavy (non-hydrogen) atoms. The maximum Gasteiger partial charge on any atom is 0.264 e. The quantitative estimate of drug-likeness (QED) is 0.930. The highest BCUT2D eigenvalue weighted by atomic mass is 32.1. The van der Waals surface area contributed by atoms with Crippen molar-refractivity contribution in [3.8, 4) is 11.5 Å². The van der Waals surface area contributed by atoms with Gasteiger partial charge >= 0.3 is 0 Å². The fourth-order valence-electron chi connectivity index (χ4n) is 3.02. The number of nitrogens with one attached hydrogen (secondary N) is 1. The average molecular weight is 344 g/mol. The van der Waals surface area contributed by atoms with Crippen molar-refractivity contribution in [1.29, 1.82) is 0 Å². The summed E-state index contributed by atoms with van der Waals surface area (Å²) in [7, 11) is 0. The van der Waals surface area contributed by atoms with E-state index in [0.29, 0.717) is 35.0 Å². The molecule has 0 saturated carbocycles. The van der Waals surface area contributed by atoms with Crippen LogP contribution in [0.4, 0.5) is 5.69 Å². The zero-order valence-corrected chi connectivity index (χ0v) is 13.7. The molecule has 1 aromatic heterocycles. The zero-order valence-electron chi connectivity index (χ0n) is 12.9. The van der Waals surface area contributed by atoms with E-state index in [-0.39, 0.29) is 18.6 Å². The van der Waals surface area contributed by atoms with Crippen LogP contribution in [-0.4, -0.2) is 36.1 Å². The van der Waals surface area contributed by atoms with Gasteiger partial charge in [-0.2, -0.15) is 0 Å². The normalized spacial score (nSPS) is 18.7. The molecule has 2 aromatic rings. The van der Waals surface area contributed by atoms with Gasteiger partial charge in [0.2, 0.25) is 12.7 Å². The SMILES string of the molecule is O=C(Nc1ccc2c(c1)OCO2)[C@H]1CCCN1C(=O)c1cccs1. The highest BCUT2D eigenvalue weighted by Crippen LogP contribution is 2.34. The molecule has 3 heterocycles. The largest absolute Gasteiger partial charge is 0.454 e. The van der Waals surface area contributed by atoms with Crippen LogP contribution in [0.15, 0.2) is 35.7 Å². The second-order valence-electron chi connectivity index (χ2n) is 5.69. The van der Waals surface area contributed by atoms with Gasteiger partial charge in [-0.3, -0.25) is 9.59 Å². The lowest BCUT2D eigenvalue weighted by Crippen LogP contribution is -2.42. The Hall–Kier alpha value is -2.54. The molecule has 2 amide bonds. The Morgan fingerprint density at radius 3 is 2.92 bits per heavy atom. The fraction of sp³-hybridized carbons (Fsp3) is 0.294. The molecule has 7 heteroatoms. The number of rotatable bonds is 3. The van der Waals surface area contributed by atoms with E-state index in [0.717, 1.165) is 6.42 Å².